The Morgan fingerprint density at radius 1 is 1.15 bits per heavy atom. The minimum absolute atomic E-state index is 0.113. The quantitative estimate of drug-likeness (QED) is 0.381. The summed E-state index contributed by atoms with van der Waals surface area (Å²) in [6, 6.07) is 13.6. The number of amides is 1. The van der Waals surface area contributed by atoms with Gasteiger partial charge in [0, 0.05) is 24.1 Å². The number of ether oxygens (including phenoxy) is 2. The van der Waals surface area contributed by atoms with Crippen molar-refractivity contribution in [2.75, 3.05) is 20.2 Å². The molecule has 2 aliphatic rings. The Bertz CT molecular complexity index is 1440. The maximum absolute atomic E-state index is 15.0. The van der Waals surface area contributed by atoms with E-state index in [1.165, 1.54) is 13.3 Å². The van der Waals surface area contributed by atoms with Gasteiger partial charge in [-0.15, -0.1) is 0 Å². The lowest BCUT2D eigenvalue weighted by molar-refractivity contribution is -0.141. The summed E-state index contributed by atoms with van der Waals surface area (Å²) in [5, 5.41) is 9.32. The molecule has 0 radical (unpaired) electrons. The zero-order chi connectivity index (χ0) is 29.1. The average Bonchev–Trinajstić information content (AvgIpc) is 2.97. The minimum Gasteiger partial charge on any atom is -0.485 e. The molecule has 0 spiro atoms. The number of nitrogens with two attached hydrogens (primary N) is 1. The van der Waals surface area contributed by atoms with Crippen LogP contribution in [0.2, 0.25) is 0 Å². The number of rotatable bonds is 9. The van der Waals surface area contributed by atoms with E-state index in [2.05, 4.69) is 16.0 Å². The number of likely N-dealkylation sites (tertiary alicyclic amines) is 1. The second kappa shape index (κ2) is 12.3. The third kappa shape index (κ3) is 6.51. The third-order valence-electron chi connectivity index (χ3n) is 8.25. The van der Waals surface area contributed by atoms with Crippen LogP contribution in [-0.2, 0) is 29.0 Å². The van der Waals surface area contributed by atoms with Crippen LogP contribution in [-0.4, -0.2) is 47.1 Å². The van der Waals surface area contributed by atoms with E-state index >= 15 is 4.39 Å². The lowest BCUT2D eigenvalue weighted by Crippen LogP contribution is -2.38. The molecule has 9 heteroatoms. The van der Waals surface area contributed by atoms with Gasteiger partial charge >= 0.3 is 5.97 Å². The summed E-state index contributed by atoms with van der Waals surface area (Å²) in [5.41, 5.74) is 10.7. The Kier molecular flexibility index (Phi) is 8.54. The summed E-state index contributed by atoms with van der Waals surface area (Å²) in [4.78, 5) is 29.3. The number of primary amides is 1. The van der Waals surface area contributed by atoms with Gasteiger partial charge in [-0.25, -0.2) is 9.37 Å². The fourth-order valence-electron chi connectivity index (χ4n) is 5.78. The number of pyridine rings is 1. The van der Waals surface area contributed by atoms with E-state index in [0.29, 0.717) is 37.3 Å². The number of hydrogen-bond acceptors (Lipinski definition) is 6. The first-order chi connectivity index (χ1) is 19.7. The monoisotopic (exact) mass is 561 g/mol. The molecule has 1 unspecified atom stereocenters. The highest BCUT2D eigenvalue weighted by atomic mass is 19.1. The minimum atomic E-state index is -0.823. The van der Waals surface area contributed by atoms with Crippen LogP contribution in [0.5, 0.6) is 11.6 Å². The van der Waals surface area contributed by atoms with Crippen LogP contribution in [0, 0.1) is 17.7 Å². The summed E-state index contributed by atoms with van der Waals surface area (Å²) >= 11 is 0. The van der Waals surface area contributed by atoms with Gasteiger partial charge in [0.25, 0.3) is 0 Å². The first kappa shape index (κ1) is 28.5. The molecule has 8 nitrogen and oxygen atoms in total. The van der Waals surface area contributed by atoms with Crippen molar-refractivity contribution in [2.45, 2.75) is 51.7 Å². The number of carbonyl (C=O) groups is 2. The molecule has 3 aromatic rings. The third-order valence-corrected chi connectivity index (χ3v) is 8.25. The number of aliphatic carboxylic acids is 1. The molecule has 0 saturated carbocycles. The van der Waals surface area contributed by atoms with Crippen LogP contribution in [0.3, 0.4) is 0 Å². The fraction of sp³-hybridized carbons (Fsp3) is 0.406. The highest BCUT2D eigenvalue weighted by molar-refractivity contribution is 5.76. The molecule has 0 aliphatic carbocycles. The summed E-state index contributed by atoms with van der Waals surface area (Å²) in [7, 11) is 1.50. The first-order valence-electron chi connectivity index (χ1n) is 14.1. The number of piperidine rings is 1. The Labute approximate surface area is 239 Å². The van der Waals surface area contributed by atoms with Crippen LogP contribution in [0.1, 0.15) is 54.5 Å². The number of nitrogens with zero attached hydrogens (tertiary/aromatic N) is 2. The van der Waals surface area contributed by atoms with Gasteiger partial charge in [-0.2, -0.15) is 0 Å². The van der Waals surface area contributed by atoms with E-state index in [1.54, 1.807) is 13.0 Å². The molecule has 1 amide bonds. The van der Waals surface area contributed by atoms with Crippen LogP contribution in [0.25, 0.3) is 11.1 Å². The summed E-state index contributed by atoms with van der Waals surface area (Å²) in [5.74, 6) is -0.997. The van der Waals surface area contributed by atoms with Crippen molar-refractivity contribution in [3.05, 3.63) is 76.7 Å². The van der Waals surface area contributed by atoms with Crippen LogP contribution in [0.15, 0.2) is 48.7 Å². The second-order valence-corrected chi connectivity index (χ2v) is 11.1. The summed E-state index contributed by atoms with van der Waals surface area (Å²) in [6.45, 7) is 3.74. The van der Waals surface area contributed by atoms with Crippen molar-refractivity contribution in [3.63, 3.8) is 0 Å². The number of hydrogen-bond donors (Lipinski definition) is 2. The van der Waals surface area contributed by atoms with Crippen molar-refractivity contribution < 1.29 is 28.6 Å². The van der Waals surface area contributed by atoms with Crippen LogP contribution >= 0.6 is 0 Å². The van der Waals surface area contributed by atoms with Crippen molar-refractivity contribution in [1.29, 1.82) is 0 Å². The average molecular weight is 562 g/mol. The van der Waals surface area contributed by atoms with Crippen molar-refractivity contribution in [2.24, 2.45) is 17.6 Å². The molecule has 2 aromatic carbocycles. The van der Waals surface area contributed by atoms with E-state index in [0.717, 1.165) is 59.5 Å². The molecule has 0 bridgehead atoms. The van der Waals surface area contributed by atoms with Crippen molar-refractivity contribution >= 4 is 11.9 Å². The topological polar surface area (TPSA) is 115 Å². The lowest BCUT2D eigenvalue weighted by Gasteiger charge is -2.32. The number of carboxylic acids is 1. The predicted octanol–water partition coefficient (Wildman–Crippen LogP) is 4.92. The maximum Gasteiger partial charge on any atom is 0.306 e. The van der Waals surface area contributed by atoms with Gasteiger partial charge in [-0.3, -0.25) is 14.5 Å². The molecule has 3 heterocycles. The molecular weight excluding hydrogens is 525 g/mol. The molecule has 5 rings (SSSR count). The van der Waals surface area contributed by atoms with E-state index in [4.69, 9.17) is 15.2 Å². The van der Waals surface area contributed by atoms with Gasteiger partial charge in [-0.1, -0.05) is 37.3 Å². The predicted molar refractivity (Wildman–Crippen MR) is 152 cm³/mol. The number of benzene rings is 2. The summed E-state index contributed by atoms with van der Waals surface area (Å²) in [6.07, 6.45) is 4.44. The standard InChI is InChI=1S/C32H36FN3O5/c1-19(32(38)39)13-20-3-4-21-6-8-28(41-29(21)14-20)23-5-7-25(26-16-30(40-2)35-17-27(26)33)24(15-23)18-36-11-9-22(10-12-36)31(34)37/h3-5,7,14-17,19,22,28H,6,8-13,18H2,1-2H3,(H2,34,37)(H,38,39)/t19?,28-/m0/s1. The normalized spacial score (nSPS) is 18.3. The molecule has 1 fully saturated rings. The number of carboxylic acid groups (broad SMARTS) is 1. The van der Waals surface area contributed by atoms with Crippen LogP contribution in [0.4, 0.5) is 4.39 Å². The van der Waals surface area contributed by atoms with Gasteiger partial charge in [-0.05, 0) is 79.1 Å². The largest absolute Gasteiger partial charge is 0.485 e. The van der Waals surface area contributed by atoms with E-state index in [1.807, 2.05) is 30.3 Å². The Morgan fingerprint density at radius 3 is 2.63 bits per heavy atom. The fourth-order valence-corrected chi connectivity index (χ4v) is 5.78. The number of carbonyl (C=O) groups excluding carboxylic acids is 1. The molecule has 2 atom stereocenters. The Morgan fingerprint density at radius 2 is 1.93 bits per heavy atom. The van der Waals surface area contributed by atoms with Crippen LogP contribution < -0.4 is 15.2 Å². The van der Waals surface area contributed by atoms with Crippen molar-refractivity contribution in [3.8, 4) is 22.8 Å². The number of aromatic nitrogens is 1. The number of aryl methyl sites for hydroxylation is 1. The lowest BCUT2D eigenvalue weighted by atomic mass is 9.91. The van der Waals surface area contributed by atoms with Gasteiger partial charge in [0.05, 0.1) is 19.2 Å². The van der Waals surface area contributed by atoms with Crippen molar-refractivity contribution in [1.82, 2.24) is 9.88 Å². The smallest absolute Gasteiger partial charge is 0.306 e. The Balaban J connectivity index is 1.44. The van der Waals surface area contributed by atoms with Gasteiger partial charge in [0.15, 0.2) is 0 Å². The van der Waals surface area contributed by atoms with E-state index in [9.17, 15) is 14.7 Å². The van der Waals surface area contributed by atoms with Gasteiger partial charge in [0.1, 0.15) is 17.7 Å². The molecule has 2 aliphatic heterocycles. The second-order valence-electron chi connectivity index (χ2n) is 11.1. The Hall–Kier alpha value is -3.98. The zero-order valence-corrected chi connectivity index (χ0v) is 23.4. The van der Waals surface area contributed by atoms with E-state index in [-0.39, 0.29) is 17.9 Å². The van der Waals surface area contributed by atoms with Gasteiger partial charge in [0.2, 0.25) is 11.8 Å². The molecular formula is C32H36FN3O5. The molecule has 41 heavy (non-hydrogen) atoms. The zero-order valence-electron chi connectivity index (χ0n) is 23.4. The molecule has 216 valence electrons. The van der Waals surface area contributed by atoms with E-state index < -0.39 is 17.7 Å². The number of halogens is 1. The number of fused-ring (bicyclic) bond motifs is 1. The maximum atomic E-state index is 15.0. The molecule has 1 aromatic heterocycles. The molecule has 3 N–H and O–H groups in total. The highest BCUT2D eigenvalue weighted by Gasteiger charge is 2.27. The molecule has 1 saturated heterocycles. The van der Waals surface area contributed by atoms with Gasteiger partial charge < -0.3 is 20.3 Å². The summed E-state index contributed by atoms with van der Waals surface area (Å²) < 4.78 is 26.8. The highest BCUT2D eigenvalue weighted by Crippen LogP contribution is 2.38. The SMILES string of the molecule is COc1cc(-c2ccc([C@@H]3CCc4ccc(CC(C)C(=O)O)cc4O3)cc2CN2CCC(C(N)=O)CC2)c(F)cn1. The number of methoxy groups -OCH3 is 1. The first-order valence-corrected chi connectivity index (χ1v) is 14.1.